The van der Waals surface area contributed by atoms with E-state index in [4.69, 9.17) is 15.3 Å². The van der Waals surface area contributed by atoms with Crippen molar-refractivity contribution in [2.24, 2.45) is 0 Å². The van der Waals surface area contributed by atoms with E-state index in [1.54, 1.807) is 0 Å². The van der Waals surface area contributed by atoms with Gasteiger partial charge in [-0.05, 0) is 6.07 Å². The normalized spacial score (nSPS) is 9.17. The summed E-state index contributed by atoms with van der Waals surface area (Å²) in [5.41, 5.74) is -0.312. The Morgan fingerprint density at radius 1 is 1.58 bits per heavy atom. The first-order valence-corrected chi connectivity index (χ1v) is 3.07. The second-order valence-corrected chi connectivity index (χ2v) is 2.09. The first-order chi connectivity index (χ1) is 5.65. The summed E-state index contributed by atoms with van der Waals surface area (Å²) in [5, 5.41) is 25.6. The molecule has 4 nitrogen and oxygen atoms in total. The molecule has 0 unspecified atom stereocenters. The molecule has 1 aromatic heterocycles. The third-order valence-electron chi connectivity index (χ3n) is 1.28. The van der Waals surface area contributed by atoms with E-state index in [0.29, 0.717) is 0 Å². The SMILES string of the molecule is N#Cc1cc(B(O)O)cnc1F. The smallest absolute Gasteiger partial charge is 0.423 e. The van der Waals surface area contributed by atoms with Crippen LogP contribution in [0.1, 0.15) is 5.56 Å². The van der Waals surface area contributed by atoms with E-state index in [-0.39, 0.29) is 11.0 Å². The van der Waals surface area contributed by atoms with Gasteiger partial charge >= 0.3 is 7.12 Å². The fourth-order valence-electron chi connectivity index (χ4n) is 0.684. The molecule has 0 radical (unpaired) electrons. The number of hydrogen-bond acceptors (Lipinski definition) is 4. The lowest BCUT2D eigenvalue weighted by Crippen LogP contribution is -2.30. The van der Waals surface area contributed by atoms with Crippen molar-refractivity contribution in [1.82, 2.24) is 4.98 Å². The molecule has 1 aromatic rings. The van der Waals surface area contributed by atoms with Crippen LogP contribution in [0.2, 0.25) is 0 Å². The predicted molar refractivity (Wildman–Crippen MR) is 38.7 cm³/mol. The summed E-state index contributed by atoms with van der Waals surface area (Å²) >= 11 is 0. The summed E-state index contributed by atoms with van der Waals surface area (Å²) in [5.74, 6) is -0.915. The van der Waals surface area contributed by atoms with Crippen LogP contribution >= 0.6 is 0 Å². The average molecular weight is 166 g/mol. The molecule has 0 aromatic carbocycles. The Balaban J connectivity index is 3.16. The second kappa shape index (κ2) is 3.30. The molecule has 60 valence electrons. The lowest BCUT2D eigenvalue weighted by atomic mass is 9.81. The third-order valence-corrected chi connectivity index (χ3v) is 1.28. The van der Waals surface area contributed by atoms with Gasteiger partial charge < -0.3 is 10.0 Å². The predicted octanol–water partition coefficient (Wildman–Crippen LogP) is -1.23. The van der Waals surface area contributed by atoms with E-state index in [2.05, 4.69) is 4.98 Å². The largest absolute Gasteiger partial charge is 0.490 e. The van der Waals surface area contributed by atoms with Crippen LogP contribution in [0.3, 0.4) is 0 Å². The van der Waals surface area contributed by atoms with Crippen molar-refractivity contribution in [2.75, 3.05) is 0 Å². The van der Waals surface area contributed by atoms with Crippen LogP contribution in [-0.2, 0) is 0 Å². The zero-order chi connectivity index (χ0) is 9.14. The van der Waals surface area contributed by atoms with Gasteiger partial charge in [-0.2, -0.15) is 9.65 Å². The van der Waals surface area contributed by atoms with Crippen molar-refractivity contribution in [3.05, 3.63) is 23.8 Å². The van der Waals surface area contributed by atoms with Crippen LogP contribution in [0.5, 0.6) is 0 Å². The minimum Gasteiger partial charge on any atom is -0.423 e. The highest BCUT2D eigenvalue weighted by atomic mass is 19.1. The molecular weight excluding hydrogens is 162 g/mol. The summed E-state index contributed by atoms with van der Waals surface area (Å²) < 4.78 is 12.5. The van der Waals surface area contributed by atoms with Crippen molar-refractivity contribution < 1.29 is 14.4 Å². The molecule has 0 saturated carbocycles. The Kier molecular flexibility index (Phi) is 2.38. The Hall–Kier alpha value is -1.45. The van der Waals surface area contributed by atoms with E-state index in [9.17, 15) is 4.39 Å². The van der Waals surface area contributed by atoms with Crippen molar-refractivity contribution >= 4 is 12.6 Å². The van der Waals surface area contributed by atoms with Crippen molar-refractivity contribution in [1.29, 1.82) is 5.26 Å². The maximum atomic E-state index is 12.5. The molecule has 0 fully saturated rings. The molecule has 0 amide bonds. The fraction of sp³-hybridized carbons (Fsp3) is 0. The monoisotopic (exact) mass is 166 g/mol. The molecule has 0 aliphatic rings. The van der Waals surface area contributed by atoms with Gasteiger partial charge in [-0.1, -0.05) is 0 Å². The second-order valence-electron chi connectivity index (χ2n) is 2.09. The van der Waals surface area contributed by atoms with Crippen molar-refractivity contribution in [3.63, 3.8) is 0 Å². The average Bonchev–Trinajstić information content (AvgIpc) is 2.05. The van der Waals surface area contributed by atoms with E-state index in [1.807, 2.05) is 0 Å². The number of halogens is 1. The van der Waals surface area contributed by atoms with Crippen molar-refractivity contribution in [2.45, 2.75) is 0 Å². The minimum atomic E-state index is -1.73. The van der Waals surface area contributed by atoms with Crippen LogP contribution < -0.4 is 5.46 Å². The number of nitriles is 1. The van der Waals surface area contributed by atoms with E-state index < -0.39 is 13.1 Å². The highest BCUT2D eigenvalue weighted by Gasteiger charge is 2.13. The number of nitrogens with zero attached hydrogens (tertiary/aromatic N) is 2. The molecule has 0 aliphatic carbocycles. The number of rotatable bonds is 1. The van der Waals surface area contributed by atoms with Crippen LogP contribution in [0.25, 0.3) is 0 Å². The van der Waals surface area contributed by atoms with Gasteiger partial charge in [0, 0.05) is 11.7 Å². The molecule has 1 heterocycles. The quantitative estimate of drug-likeness (QED) is 0.404. The molecular formula is C6H4BFN2O2. The number of pyridine rings is 1. The first-order valence-electron chi connectivity index (χ1n) is 3.07. The molecule has 0 spiro atoms. The van der Waals surface area contributed by atoms with Crippen LogP contribution in [0.15, 0.2) is 12.3 Å². The molecule has 6 heteroatoms. The Morgan fingerprint density at radius 2 is 2.25 bits per heavy atom. The molecule has 0 atom stereocenters. The van der Waals surface area contributed by atoms with Crippen LogP contribution in [-0.4, -0.2) is 22.2 Å². The summed E-state index contributed by atoms with van der Waals surface area (Å²) in [6, 6.07) is 2.57. The topological polar surface area (TPSA) is 77.1 Å². The highest BCUT2D eigenvalue weighted by molar-refractivity contribution is 6.58. The highest BCUT2D eigenvalue weighted by Crippen LogP contribution is 1.98. The van der Waals surface area contributed by atoms with Gasteiger partial charge in [-0.25, -0.2) is 4.98 Å². The van der Waals surface area contributed by atoms with E-state index >= 15 is 0 Å². The Bertz CT molecular complexity index is 337. The van der Waals surface area contributed by atoms with Crippen molar-refractivity contribution in [3.8, 4) is 6.07 Å². The number of aromatic nitrogens is 1. The molecule has 0 bridgehead atoms. The molecule has 0 aliphatic heterocycles. The van der Waals surface area contributed by atoms with Gasteiger partial charge in [-0.15, -0.1) is 0 Å². The zero-order valence-corrected chi connectivity index (χ0v) is 5.90. The minimum absolute atomic E-state index is 0.00653. The molecule has 1 rings (SSSR count). The van der Waals surface area contributed by atoms with Gasteiger partial charge in [0.25, 0.3) is 0 Å². The standard InChI is InChI=1S/C6H4BFN2O2/c8-6-4(2-9)1-5(3-10-6)7(11)12/h1,3,11-12H. The van der Waals surface area contributed by atoms with Gasteiger partial charge in [0.2, 0.25) is 5.95 Å². The van der Waals surface area contributed by atoms with Gasteiger partial charge in [0.05, 0.1) is 0 Å². The van der Waals surface area contributed by atoms with Gasteiger partial charge in [-0.3, -0.25) is 0 Å². The first kappa shape index (κ1) is 8.65. The molecule has 2 N–H and O–H groups in total. The van der Waals surface area contributed by atoms with E-state index in [0.717, 1.165) is 12.3 Å². The molecule has 12 heavy (non-hydrogen) atoms. The summed E-state index contributed by atoms with van der Waals surface area (Å²) in [6.45, 7) is 0. The maximum absolute atomic E-state index is 12.5. The van der Waals surface area contributed by atoms with Crippen LogP contribution in [0, 0.1) is 17.3 Å². The zero-order valence-electron chi connectivity index (χ0n) is 5.90. The summed E-state index contributed by atoms with van der Waals surface area (Å²) in [4.78, 5) is 3.16. The lowest BCUT2D eigenvalue weighted by molar-refractivity contribution is 0.425. The Morgan fingerprint density at radius 3 is 2.75 bits per heavy atom. The maximum Gasteiger partial charge on any atom is 0.490 e. The summed E-state index contributed by atoms with van der Waals surface area (Å²) in [6.07, 6.45) is 0.959. The summed E-state index contributed by atoms with van der Waals surface area (Å²) in [7, 11) is -1.73. The lowest BCUT2D eigenvalue weighted by Gasteiger charge is -1.98. The van der Waals surface area contributed by atoms with E-state index in [1.165, 1.54) is 6.07 Å². The number of hydrogen-bond donors (Lipinski definition) is 2. The Labute approximate surface area is 68.1 Å². The third kappa shape index (κ3) is 1.58. The molecule has 0 saturated heterocycles. The fourth-order valence-corrected chi connectivity index (χ4v) is 0.684. The van der Waals surface area contributed by atoms with Gasteiger partial charge in [0.15, 0.2) is 0 Å². The van der Waals surface area contributed by atoms with Gasteiger partial charge in [0.1, 0.15) is 11.6 Å². The van der Waals surface area contributed by atoms with Crippen LogP contribution in [0.4, 0.5) is 4.39 Å².